The Balaban J connectivity index is 1.77. The number of hydrogen-bond donors (Lipinski definition) is 1. The maximum Gasteiger partial charge on any atom is 0.243 e. The van der Waals surface area contributed by atoms with Crippen LogP contribution in [0.25, 0.3) is 0 Å². The van der Waals surface area contributed by atoms with E-state index in [1.165, 1.54) is 12.8 Å². The maximum atomic E-state index is 5.85. The summed E-state index contributed by atoms with van der Waals surface area (Å²) in [5.41, 5.74) is 0.0332. The maximum absolute atomic E-state index is 5.85. The summed E-state index contributed by atoms with van der Waals surface area (Å²) in [6, 6.07) is 0.217. The molecular weight excluding hydrogens is 266 g/mol. The molecule has 5 nitrogen and oxygen atoms in total. The largest absolute Gasteiger partial charge is 0.370 e. The second-order valence-corrected chi connectivity index (χ2v) is 7.32. The number of nitrogens with zero attached hydrogens (tertiary/aromatic N) is 2. The van der Waals surface area contributed by atoms with Gasteiger partial charge in [0.1, 0.15) is 5.60 Å². The Bertz CT molecular complexity index is 468. The van der Waals surface area contributed by atoms with Gasteiger partial charge in [-0.15, -0.1) is 0 Å². The van der Waals surface area contributed by atoms with Gasteiger partial charge in [0, 0.05) is 7.11 Å². The molecule has 1 aromatic heterocycles. The van der Waals surface area contributed by atoms with Crippen molar-refractivity contribution in [2.75, 3.05) is 13.7 Å². The van der Waals surface area contributed by atoms with Gasteiger partial charge >= 0.3 is 0 Å². The van der Waals surface area contributed by atoms with Crippen molar-refractivity contribution in [2.45, 2.75) is 70.4 Å². The molecule has 1 aliphatic carbocycles. The lowest BCUT2D eigenvalue weighted by atomic mass is 9.70. The first-order chi connectivity index (χ1) is 10.0. The molecule has 2 aliphatic rings. The molecule has 1 saturated carbocycles. The molecule has 1 saturated heterocycles. The normalized spacial score (nSPS) is 28.4. The van der Waals surface area contributed by atoms with Crippen LogP contribution in [0.2, 0.25) is 0 Å². The van der Waals surface area contributed by atoms with Gasteiger partial charge in [-0.05, 0) is 50.5 Å². The van der Waals surface area contributed by atoms with E-state index in [4.69, 9.17) is 9.26 Å². The number of hydrogen-bond acceptors (Lipinski definition) is 5. The highest BCUT2D eigenvalue weighted by molar-refractivity contribution is 5.06. The van der Waals surface area contributed by atoms with Crippen molar-refractivity contribution in [1.82, 2.24) is 15.5 Å². The smallest absolute Gasteiger partial charge is 0.243 e. The highest BCUT2D eigenvalue weighted by Gasteiger charge is 2.43. The van der Waals surface area contributed by atoms with Crippen LogP contribution in [-0.4, -0.2) is 23.8 Å². The minimum Gasteiger partial charge on any atom is -0.370 e. The van der Waals surface area contributed by atoms with Gasteiger partial charge in [-0.25, -0.2) is 0 Å². The van der Waals surface area contributed by atoms with Crippen molar-refractivity contribution in [1.29, 1.82) is 0 Å². The van der Waals surface area contributed by atoms with Gasteiger partial charge < -0.3 is 14.6 Å². The van der Waals surface area contributed by atoms with E-state index < -0.39 is 0 Å². The lowest BCUT2D eigenvalue weighted by molar-refractivity contribution is -0.0740. The molecule has 0 radical (unpaired) electrons. The standard InChI is InChI=1S/C16H27N3O2/c1-15(2)7-9-16(20-3,10-8-15)14-18-13(21-19-14)12-6-4-5-11-17-12/h12,17H,4-11H2,1-3H3. The summed E-state index contributed by atoms with van der Waals surface area (Å²) in [6.07, 6.45) is 7.72. The zero-order valence-corrected chi connectivity index (χ0v) is 13.4. The quantitative estimate of drug-likeness (QED) is 0.926. The molecule has 5 heteroatoms. The highest BCUT2D eigenvalue weighted by Crippen LogP contribution is 2.46. The van der Waals surface area contributed by atoms with Crippen molar-refractivity contribution in [3.8, 4) is 0 Å². The van der Waals surface area contributed by atoms with E-state index in [9.17, 15) is 0 Å². The van der Waals surface area contributed by atoms with Crippen LogP contribution in [0.15, 0.2) is 4.52 Å². The fourth-order valence-corrected chi connectivity index (χ4v) is 3.47. The Hall–Kier alpha value is -0.940. The van der Waals surface area contributed by atoms with Gasteiger partial charge in [-0.2, -0.15) is 4.98 Å². The fraction of sp³-hybridized carbons (Fsp3) is 0.875. The number of ether oxygens (including phenoxy) is 1. The van der Waals surface area contributed by atoms with Gasteiger partial charge in [0.05, 0.1) is 6.04 Å². The number of rotatable bonds is 3. The van der Waals surface area contributed by atoms with E-state index in [0.717, 1.165) is 50.4 Å². The molecule has 2 fully saturated rings. The molecule has 3 rings (SSSR count). The van der Waals surface area contributed by atoms with E-state index in [0.29, 0.717) is 5.41 Å². The Labute approximate surface area is 126 Å². The number of methoxy groups -OCH3 is 1. The van der Waals surface area contributed by atoms with E-state index in [2.05, 4.69) is 29.3 Å². The summed E-state index contributed by atoms with van der Waals surface area (Å²) in [5.74, 6) is 1.47. The summed E-state index contributed by atoms with van der Waals surface area (Å²) in [7, 11) is 1.77. The van der Waals surface area contributed by atoms with Crippen LogP contribution in [0.4, 0.5) is 0 Å². The summed E-state index contributed by atoms with van der Waals surface area (Å²) < 4.78 is 11.4. The van der Waals surface area contributed by atoms with Crippen molar-refractivity contribution < 1.29 is 9.26 Å². The SMILES string of the molecule is COC1(c2noc(C3CCCCN3)n2)CCC(C)(C)CC1. The minimum atomic E-state index is -0.355. The van der Waals surface area contributed by atoms with Crippen molar-refractivity contribution in [2.24, 2.45) is 5.41 Å². The van der Waals surface area contributed by atoms with E-state index in [1.54, 1.807) is 7.11 Å². The van der Waals surface area contributed by atoms with Crippen LogP contribution in [0.5, 0.6) is 0 Å². The third kappa shape index (κ3) is 2.99. The average molecular weight is 293 g/mol. The topological polar surface area (TPSA) is 60.2 Å². The first kappa shape index (κ1) is 15.0. The Kier molecular flexibility index (Phi) is 4.06. The molecule has 0 spiro atoms. The van der Waals surface area contributed by atoms with Crippen LogP contribution in [0.3, 0.4) is 0 Å². The second kappa shape index (κ2) is 5.69. The first-order valence-corrected chi connectivity index (χ1v) is 8.17. The second-order valence-electron chi connectivity index (χ2n) is 7.32. The van der Waals surface area contributed by atoms with E-state index in [-0.39, 0.29) is 11.6 Å². The zero-order chi connectivity index (χ0) is 14.9. The molecule has 21 heavy (non-hydrogen) atoms. The van der Waals surface area contributed by atoms with Crippen LogP contribution < -0.4 is 5.32 Å². The molecule has 0 bridgehead atoms. The van der Waals surface area contributed by atoms with Gasteiger partial charge in [-0.3, -0.25) is 0 Å². The van der Waals surface area contributed by atoms with E-state index in [1.807, 2.05) is 0 Å². The molecule has 0 aromatic carbocycles. The fourth-order valence-electron chi connectivity index (χ4n) is 3.47. The highest BCUT2D eigenvalue weighted by atomic mass is 16.5. The molecule has 1 atom stereocenters. The van der Waals surface area contributed by atoms with Crippen molar-refractivity contribution >= 4 is 0 Å². The summed E-state index contributed by atoms with van der Waals surface area (Å²) in [6.45, 7) is 5.67. The predicted octanol–water partition coefficient (Wildman–Crippen LogP) is 3.33. The summed E-state index contributed by atoms with van der Waals surface area (Å²) in [4.78, 5) is 4.68. The summed E-state index contributed by atoms with van der Waals surface area (Å²) in [5, 5.41) is 7.71. The van der Waals surface area contributed by atoms with Crippen LogP contribution >= 0.6 is 0 Å². The van der Waals surface area contributed by atoms with Crippen LogP contribution in [0.1, 0.15) is 76.6 Å². The van der Waals surface area contributed by atoms with Crippen molar-refractivity contribution in [3.63, 3.8) is 0 Å². The molecule has 118 valence electrons. The lowest BCUT2D eigenvalue weighted by Crippen LogP contribution is -2.37. The average Bonchev–Trinajstić information content (AvgIpc) is 2.99. The summed E-state index contributed by atoms with van der Waals surface area (Å²) >= 11 is 0. The van der Waals surface area contributed by atoms with Gasteiger partial charge in [0.25, 0.3) is 0 Å². The number of piperidine rings is 1. The number of aromatic nitrogens is 2. The predicted molar refractivity (Wildman–Crippen MR) is 79.8 cm³/mol. The molecule has 0 amide bonds. The molecule has 1 N–H and O–H groups in total. The monoisotopic (exact) mass is 293 g/mol. The number of nitrogens with one attached hydrogen (secondary N) is 1. The third-order valence-corrected chi connectivity index (χ3v) is 5.26. The Morgan fingerprint density at radius 1 is 1.19 bits per heavy atom. The molecule has 2 heterocycles. The molecule has 1 aliphatic heterocycles. The van der Waals surface area contributed by atoms with Crippen LogP contribution in [-0.2, 0) is 10.3 Å². The van der Waals surface area contributed by atoms with Crippen molar-refractivity contribution in [3.05, 3.63) is 11.7 Å². The minimum absolute atomic E-state index is 0.217. The first-order valence-electron chi connectivity index (χ1n) is 8.17. The molecular formula is C16H27N3O2. The van der Waals surface area contributed by atoms with E-state index >= 15 is 0 Å². The molecule has 1 unspecified atom stereocenters. The van der Waals surface area contributed by atoms with Gasteiger partial charge in [0.2, 0.25) is 11.7 Å². The third-order valence-electron chi connectivity index (χ3n) is 5.26. The van der Waals surface area contributed by atoms with Gasteiger partial charge in [-0.1, -0.05) is 25.4 Å². The zero-order valence-electron chi connectivity index (χ0n) is 13.4. The van der Waals surface area contributed by atoms with Gasteiger partial charge in [0.15, 0.2) is 0 Å². The Morgan fingerprint density at radius 2 is 1.95 bits per heavy atom. The molecule has 1 aromatic rings. The van der Waals surface area contributed by atoms with Crippen LogP contribution in [0, 0.1) is 5.41 Å². The Morgan fingerprint density at radius 3 is 2.57 bits per heavy atom. The lowest BCUT2D eigenvalue weighted by Gasteiger charge is -2.40.